The molecule has 0 bridgehead atoms. The summed E-state index contributed by atoms with van der Waals surface area (Å²) < 4.78 is 11.8. The van der Waals surface area contributed by atoms with Gasteiger partial charge in [-0.05, 0) is 43.2 Å². The van der Waals surface area contributed by atoms with Gasteiger partial charge in [-0.2, -0.15) is 0 Å². The van der Waals surface area contributed by atoms with Crippen molar-refractivity contribution in [2.75, 3.05) is 19.7 Å². The Bertz CT molecular complexity index is 1490. The minimum Gasteiger partial charge on any atom is -0.493 e. The van der Waals surface area contributed by atoms with Gasteiger partial charge in [0.25, 0.3) is 0 Å². The maximum absolute atomic E-state index is 11.3. The number of benzene rings is 3. The van der Waals surface area contributed by atoms with E-state index < -0.39 is 11.8 Å². The van der Waals surface area contributed by atoms with E-state index in [1.165, 1.54) is 0 Å². The highest BCUT2D eigenvalue weighted by molar-refractivity contribution is 6.05. The summed E-state index contributed by atoms with van der Waals surface area (Å²) in [7, 11) is 0. The number of hydrogen-bond acceptors (Lipinski definition) is 6. The Labute approximate surface area is 203 Å². The molecule has 1 aliphatic rings. The second-order valence-corrected chi connectivity index (χ2v) is 9.36. The van der Waals surface area contributed by atoms with E-state index in [2.05, 4.69) is 4.98 Å². The molecule has 5 aromatic rings. The van der Waals surface area contributed by atoms with Crippen molar-refractivity contribution in [3.63, 3.8) is 0 Å². The van der Waals surface area contributed by atoms with Gasteiger partial charge in [0.15, 0.2) is 0 Å². The van der Waals surface area contributed by atoms with Crippen LogP contribution in [0, 0.1) is 0 Å². The molecule has 0 amide bonds. The molecule has 1 saturated heterocycles. The first-order valence-electron chi connectivity index (χ1n) is 12.1. The molecule has 3 heterocycles. The number of rotatable bonds is 6. The average Bonchev–Trinajstić information content (AvgIpc) is 3.26. The SMILES string of the molecule is OC(CCOc1ccc2c(c1)oc1ccccc12)N1CCC(O)(c2cnc3ccccc3c2)CC1. The van der Waals surface area contributed by atoms with Gasteiger partial charge in [0, 0.05) is 53.5 Å². The number of likely N-dealkylation sites (tertiary alicyclic amines) is 1. The predicted octanol–water partition coefficient (Wildman–Crippen LogP) is 5.21. The Balaban J connectivity index is 1.05. The van der Waals surface area contributed by atoms with Gasteiger partial charge < -0.3 is 19.4 Å². The number of furan rings is 1. The number of fused-ring (bicyclic) bond motifs is 4. The Morgan fingerprint density at radius 3 is 2.60 bits per heavy atom. The van der Waals surface area contributed by atoms with Crippen LogP contribution in [0.3, 0.4) is 0 Å². The van der Waals surface area contributed by atoms with Gasteiger partial charge in [-0.3, -0.25) is 9.88 Å². The van der Waals surface area contributed by atoms with E-state index in [4.69, 9.17) is 9.15 Å². The highest BCUT2D eigenvalue weighted by Crippen LogP contribution is 2.35. The van der Waals surface area contributed by atoms with Crippen LogP contribution in [-0.2, 0) is 5.60 Å². The summed E-state index contributed by atoms with van der Waals surface area (Å²) in [5, 5.41) is 25.2. The number of piperidine rings is 1. The molecule has 6 rings (SSSR count). The molecule has 3 aromatic carbocycles. The summed E-state index contributed by atoms with van der Waals surface area (Å²) in [4.78, 5) is 6.52. The van der Waals surface area contributed by atoms with E-state index in [9.17, 15) is 10.2 Å². The number of aliphatic hydroxyl groups is 2. The molecule has 0 aliphatic carbocycles. The topological polar surface area (TPSA) is 79.0 Å². The van der Waals surface area contributed by atoms with Gasteiger partial charge in [-0.25, -0.2) is 0 Å². The summed E-state index contributed by atoms with van der Waals surface area (Å²) in [5.74, 6) is 0.723. The first kappa shape index (κ1) is 22.0. The molecule has 178 valence electrons. The molecular weight excluding hydrogens is 440 g/mol. The van der Waals surface area contributed by atoms with Crippen LogP contribution in [0.4, 0.5) is 0 Å². The number of hydrogen-bond donors (Lipinski definition) is 2. The number of aliphatic hydroxyl groups excluding tert-OH is 1. The lowest BCUT2D eigenvalue weighted by atomic mass is 9.84. The van der Waals surface area contributed by atoms with E-state index in [1.54, 1.807) is 6.20 Å². The summed E-state index contributed by atoms with van der Waals surface area (Å²) in [6.45, 7) is 1.60. The number of nitrogens with zero attached hydrogens (tertiary/aromatic N) is 2. The molecule has 1 fully saturated rings. The van der Waals surface area contributed by atoms with Crippen LogP contribution < -0.4 is 4.74 Å². The highest BCUT2D eigenvalue weighted by Gasteiger charge is 2.36. The third kappa shape index (κ3) is 4.25. The largest absolute Gasteiger partial charge is 0.493 e. The molecule has 0 radical (unpaired) electrons. The van der Waals surface area contributed by atoms with Crippen molar-refractivity contribution in [3.8, 4) is 5.75 Å². The normalized spacial score (nSPS) is 17.2. The number of aromatic nitrogens is 1. The minimum atomic E-state index is -0.925. The molecule has 1 unspecified atom stereocenters. The predicted molar refractivity (Wildman–Crippen MR) is 136 cm³/mol. The Kier molecular flexibility index (Phi) is 5.65. The van der Waals surface area contributed by atoms with Crippen LogP contribution in [-0.4, -0.2) is 46.0 Å². The van der Waals surface area contributed by atoms with Crippen molar-refractivity contribution >= 4 is 32.8 Å². The zero-order valence-electron chi connectivity index (χ0n) is 19.4. The standard InChI is InChI=1S/C29H28N2O4/c32-28(11-16-34-22-9-10-24-23-6-2-4-8-26(23)35-27(24)18-22)31-14-12-29(33,13-15-31)21-17-20-5-1-3-7-25(20)30-19-21/h1-10,17-19,28,32-33H,11-16H2. The molecule has 6 heteroatoms. The fraction of sp³-hybridized carbons (Fsp3) is 0.276. The second-order valence-electron chi connectivity index (χ2n) is 9.36. The lowest BCUT2D eigenvalue weighted by Gasteiger charge is -2.40. The van der Waals surface area contributed by atoms with E-state index >= 15 is 0 Å². The number of pyridine rings is 1. The maximum atomic E-state index is 11.3. The molecule has 35 heavy (non-hydrogen) atoms. The molecule has 1 atom stereocenters. The third-order valence-corrected chi connectivity index (χ3v) is 7.17. The fourth-order valence-corrected chi connectivity index (χ4v) is 5.07. The van der Waals surface area contributed by atoms with Crippen molar-refractivity contribution in [2.24, 2.45) is 0 Å². The van der Waals surface area contributed by atoms with Crippen molar-refractivity contribution in [1.29, 1.82) is 0 Å². The van der Waals surface area contributed by atoms with Crippen molar-refractivity contribution in [3.05, 3.63) is 84.6 Å². The fourth-order valence-electron chi connectivity index (χ4n) is 5.07. The summed E-state index contributed by atoms with van der Waals surface area (Å²) >= 11 is 0. The van der Waals surface area contributed by atoms with Crippen molar-refractivity contribution in [2.45, 2.75) is 31.1 Å². The zero-order chi connectivity index (χ0) is 23.8. The van der Waals surface area contributed by atoms with Gasteiger partial charge in [-0.15, -0.1) is 0 Å². The van der Waals surface area contributed by atoms with Gasteiger partial charge in [0.1, 0.15) is 23.1 Å². The summed E-state index contributed by atoms with van der Waals surface area (Å²) in [6.07, 6.45) is 2.74. The Morgan fingerprint density at radius 2 is 1.71 bits per heavy atom. The molecule has 2 aromatic heterocycles. The van der Waals surface area contributed by atoms with E-state index in [0.29, 0.717) is 39.0 Å². The van der Waals surface area contributed by atoms with Crippen LogP contribution in [0.15, 0.2) is 83.4 Å². The molecule has 2 N–H and O–H groups in total. The average molecular weight is 469 g/mol. The first-order chi connectivity index (χ1) is 17.1. The molecule has 1 aliphatic heterocycles. The highest BCUT2D eigenvalue weighted by atomic mass is 16.5. The quantitative estimate of drug-likeness (QED) is 0.356. The van der Waals surface area contributed by atoms with Crippen LogP contribution in [0.2, 0.25) is 0 Å². The van der Waals surface area contributed by atoms with Crippen molar-refractivity contribution < 1.29 is 19.4 Å². The lowest BCUT2D eigenvalue weighted by molar-refractivity contribution is -0.0819. The molecular formula is C29H28N2O4. The smallest absolute Gasteiger partial charge is 0.139 e. The minimum absolute atomic E-state index is 0.391. The zero-order valence-corrected chi connectivity index (χ0v) is 19.4. The van der Waals surface area contributed by atoms with Crippen LogP contribution in [0.5, 0.6) is 5.75 Å². The van der Waals surface area contributed by atoms with E-state index in [-0.39, 0.29) is 0 Å². The van der Waals surface area contributed by atoms with Gasteiger partial charge in [0.05, 0.1) is 17.7 Å². The number of ether oxygens (including phenoxy) is 1. The van der Waals surface area contributed by atoms with Gasteiger partial charge in [0.2, 0.25) is 0 Å². The second kappa shape index (κ2) is 8.96. The first-order valence-corrected chi connectivity index (χ1v) is 12.1. The Hall–Kier alpha value is -3.45. The maximum Gasteiger partial charge on any atom is 0.139 e. The summed E-state index contributed by atoms with van der Waals surface area (Å²) in [5.41, 5.74) is 2.50. The Morgan fingerprint density at radius 1 is 0.943 bits per heavy atom. The molecule has 0 saturated carbocycles. The van der Waals surface area contributed by atoms with E-state index in [0.717, 1.165) is 44.2 Å². The van der Waals surface area contributed by atoms with Crippen molar-refractivity contribution in [1.82, 2.24) is 9.88 Å². The number of para-hydroxylation sites is 2. The summed E-state index contributed by atoms with van der Waals surface area (Å²) in [6, 6.07) is 23.8. The van der Waals surface area contributed by atoms with Crippen LogP contribution in [0.1, 0.15) is 24.8 Å². The molecule has 0 spiro atoms. The van der Waals surface area contributed by atoms with Gasteiger partial charge >= 0.3 is 0 Å². The van der Waals surface area contributed by atoms with Crippen LogP contribution >= 0.6 is 0 Å². The van der Waals surface area contributed by atoms with Gasteiger partial charge in [-0.1, -0.05) is 36.4 Å². The van der Waals surface area contributed by atoms with E-state index in [1.807, 2.05) is 77.7 Å². The lowest BCUT2D eigenvalue weighted by Crippen LogP contribution is -2.47. The van der Waals surface area contributed by atoms with Crippen LogP contribution in [0.25, 0.3) is 32.8 Å². The monoisotopic (exact) mass is 468 g/mol. The molecule has 6 nitrogen and oxygen atoms in total. The third-order valence-electron chi connectivity index (χ3n) is 7.17.